The molecule has 0 amide bonds. The zero-order valence-corrected chi connectivity index (χ0v) is 29.2. The minimum atomic E-state index is -2.30. The van der Waals surface area contributed by atoms with Crippen molar-refractivity contribution >= 4 is 50.8 Å². The van der Waals surface area contributed by atoms with Crippen molar-refractivity contribution in [3.05, 3.63) is 203 Å². The Hall–Kier alpha value is -5.01. The summed E-state index contributed by atoms with van der Waals surface area (Å²) >= 11 is 6.90. The van der Waals surface area contributed by atoms with Gasteiger partial charge >= 0.3 is 0 Å². The summed E-state index contributed by atoms with van der Waals surface area (Å²) in [6, 6.07) is 60.7. The Bertz CT molecular complexity index is 2430. The van der Waals surface area contributed by atoms with Crippen molar-refractivity contribution in [2.24, 2.45) is 0 Å². The van der Waals surface area contributed by atoms with Gasteiger partial charge in [-0.1, -0.05) is 171 Å². The van der Waals surface area contributed by atoms with Gasteiger partial charge in [0.25, 0.3) is 0 Å². The van der Waals surface area contributed by atoms with E-state index >= 15 is 0 Å². The van der Waals surface area contributed by atoms with E-state index < -0.39 is 11.5 Å². The first-order valence-corrected chi connectivity index (χ1v) is 19.9. The highest BCUT2D eigenvalue weighted by Gasteiger charge is 2.51. The fourth-order valence-electron chi connectivity index (χ4n) is 9.25. The summed E-state index contributed by atoms with van der Waals surface area (Å²) in [6.45, 7) is 4.75. The molecule has 7 aromatic carbocycles. The van der Waals surface area contributed by atoms with E-state index in [-0.39, 0.29) is 5.41 Å². The van der Waals surface area contributed by atoms with Crippen LogP contribution in [0.25, 0.3) is 11.1 Å². The molecule has 0 radical (unpaired) electrons. The minimum Gasteiger partial charge on any atom is -0.310 e. The Morgan fingerprint density at radius 2 is 0.918 bits per heavy atom. The van der Waals surface area contributed by atoms with Crippen molar-refractivity contribution in [3.63, 3.8) is 0 Å². The molecule has 10 rings (SSSR count). The molecule has 0 bridgehead atoms. The highest BCUT2D eigenvalue weighted by molar-refractivity contribution is 8.25. The molecule has 1 unspecified atom stereocenters. The van der Waals surface area contributed by atoms with E-state index in [1.807, 2.05) is 0 Å². The van der Waals surface area contributed by atoms with Gasteiger partial charge in [0.2, 0.25) is 0 Å². The topological polar surface area (TPSA) is 3.24 Å². The van der Waals surface area contributed by atoms with Gasteiger partial charge in [-0.25, -0.2) is 0 Å². The SMILES string of the molecule is CC1(C)c2ccccc2P(=S)(c2ccccc2)c2ccc(N3c4ccccc4C4(c5ccccc5-c5ccccc54)c4ccccc43)cc21. The molecule has 1 atom stereocenters. The third-order valence-corrected chi connectivity index (χ3v) is 16.3. The number of anilines is 3. The molecule has 1 aliphatic carbocycles. The number of para-hydroxylation sites is 2. The maximum Gasteiger partial charge on any atom is 0.0754 e. The second-order valence-corrected chi connectivity index (χ2v) is 18.3. The molecule has 49 heavy (non-hydrogen) atoms. The van der Waals surface area contributed by atoms with Crippen LogP contribution in [-0.4, -0.2) is 0 Å². The zero-order valence-electron chi connectivity index (χ0n) is 27.5. The molecule has 1 spiro atoms. The van der Waals surface area contributed by atoms with Crippen molar-refractivity contribution in [2.75, 3.05) is 4.90 Å². The summed E-state index contributed by atoms with van der Waals surface area (Å²) in [5, 5.41) is 3.86. The van der Waals surface area contributed by atoms with Gasteiger partial charge in [0, 0.05) is 17.1 Å². The van der Waals surface area contributed by atoms with E-state index in [0.717, 1.165) is 5.69 Å². The molecule has 3 aliphatic rings. The number of benzene rings is 7. The summed E-state index contributed by atoms with van der Waals surface area (Å²) in [7, 11) is 0. The number of fused-ring (bicyclic) bond motifs is 11. The second-order valence-electron chi connectivity index (χ2n) is 14.0. The minimum absolute atomic E-state index is 0.224. The van der Waals surface area contributed by atoms with Crippen molar-refractivity contribution in [1.29, 1.82) is 0 Å². The highest BCUT2D eigenvalue weighted by atomic mass is 32.4. The van der Waals surface area contributed by atoms with Crippen LogP contribution in [0.1, 0.15) is 47.2 Å². The van der Waals surface area contributed by atoms with Gasteiger partial charge in [-0.3, -0.25) is 0 Å². The Morgan fingerprint density at radius 1 is 0.449 bits per heavy atom. The van der Waals surface area contributed by atoms with Gasteiger partial charge in [0.05, 0.1) is 16.8 Å². The first-order chi connectivity index (χ1) is 24.0. The normalized spacial score (nSPS) is 18.4. The quantitative estimate of drug-likeness (QED) is 0.169. The average molecular weight is 664 g/mol. The van der Waals surface area contributed by atoms with Crippen LogP contribution in [0.5, 0.6) is 0 Å². The molecule has 0 fully saturated rings. The smallest absolute Gasteiger partial charge is 0.0754 e. The Balaban J connectivity index is 1.25. The summed E-state index contributed by atoms with van der Waals surface area (Å²) in [5.74, 6) is 0. The lowest BCUT2D eigenvalue weighted by molar-refractivity contribution is 0.647. The molecule has 0 N–H and O–H groups in total. The van der Waals surface area contributed by atoms with Gasteiger partial charge < -0.3 is 4.90 Å². The van der Waals surface area contributed by atoms with Crippen molar-refractivity contribution in [1.82, 2.24) is 0 Å². The third kappa shape index (κ3) is 3.63. The summed E-state index contributed by atoms with van der Waals surface area (Å²) in [5.41, 5.74) is 13.6. The first kappa shape index (κ1) is 29.0. The molecule has 3 heteroatoms. The van der Waals surface area contributed by atoms with E-state index in [4.69, 9.17) is 11.8 Å². The molecule has 234 valence electrons. The van der Waals surface area contributed by atoms with E-state index in [1.54, 1.807) is 0 Å². The van der Waals surface area contributed by atoms with Crippen LogP contribution >= 0.6 is 6.04 Å². The predicted molar refractivity (Wildman–Crippen MR) is 210 cm³/mol. The molecule has 7 aromatic rings. The van der Waals surface area contributed by atoms with Crippen LogP contribution in [0.3, 0.4) is 0 Å². The summed E-state index contributed by atoms with van der Waals surface area (Å²) in [6.07, 6.45) is 0. The maximum absolute atomic E-state index is 6.90. The van der Waals surface area contributed by atoms with Gasteiger partial charge in [-0.15, -0.1) is 0 Å². The van der Waals surface area contributed by atoms with Gasteiger partial charge in [0.1, 0.15) is 0 Å². The monoisotopic (exact) mass is 663 g/mol. The lowest BCUT2D eigenvalue weighted by Crippen LogP contribution is -2.42. The molecule has 0 saturated carbocycles. The first-order valence-electron chi connectivity index (χ1n) is 17.1. The standard InChI is InChI=1S/C46H34NPS/c1-45(2)39-24-12-15-27-43(39)48(49,32-16-4-3-5-17-32)44-29-28-31(30-40(44)45)47-41-25-13-10-22-37(41)46(38-23-11-14-26-42(38)47)35-20-8-6-18-33(35)34-19-7-9-21-36(34)46/h3-30H,1-2H3. The molecule has 0 saturated heterocycles. The summed E-state index contributed by atoms with van der Waals surface area (Å²) < 4.78 is 0. The van der Waals surface area contributed by atoms with Gasteiger partial charge in [-0.2, -0.15) is 0 Å². The van der Waals surface area contributed by atoms with Gasteiger partial charge in [-0.05, 0) is 84.7 Å². The van der Waals surface area contributed by atoms with E-state index in [0.29, 0.717) is 0 Å². The molecule has 2 aliphatic heterocycles. The number of hydrogen-bond donors (Lipinski definition) is 0. The van der Waals surface area contributed by atoms with E-state index in [2.05, 4.69) is 189 Å². The molecule has 0 aromatic heterocycles. The van der Waals surface area contributed by atoms with Crippen LogP contribution in [-0.2, 0) is 22.6 Å². The predicted octanol–water partition coefficient (Wildman–Crippen LogP) is 10.2. The van der Waals surface area contributed by atoms with Gasteiger partial charge in [0.15, 0.2) is 0 Å². The van der Waals surface area contributed by atoms with Crippen molar-refractivity contribution in [3.8, 4) is 11.1 Å². The van der Waals surface area contributed by atoms with Crippen LogP contribution in [0.15, 0.2) is 170 Å². The second kappa shape index (κ2) is 10.3. The fraction of sp³-hybridized carbons (Fsp3) is 0.0870. The van der Waals surface area contributed by atoms with Crippen LogP contribution in [0.2, 0.25) is 0 Å². The Labute approximate surface area is 293 Å². The van der Waals surface area contributed by atoms with Crippen LogP contribution in [0.4, 0.5) is 17.1 Å². The zero-order chi connectivity index (χ0) is 33.0. The Morgan fingerprint density at radius 3 is 1.53 bits per heavy atom. The van der Waals surface area contributed by atoms with E-state index in [9.17, 15) is 0 Å². The average Bonchev–Trinajstić information content (AvgIpc) is 3.45. The largest absolute Gasteiger partial charge is 0.310 e. The summed E-state index contributed by atoms with van der Waals surface area (Å²) in [4.78, 5) is 2.50. The molecule has 2 heterocycles. The van der Waals surface area contributed by atoms with Crippen molar-refractivity contribution < 1.29 is 0 Å². The van der Waals surface area contributed by atoms with Crippen LogP contribution < -0.4 is 20.8 Å². The molecular formula is C46H34NPS. The fourth-order valence-corrected chi connectivity index (χ4v) is 13.9. The lowest BCUT2D eigenvalue weighted by Gasteiger charge is -2.46. The Kier molecular flexibility index (Phi) is 6.06. The number of nitrogens with zero attached hydrogens (tertiary/aromatic N) is 1. The van der Waals surface area contributed by atoms with E-state index in [1.165, 1.54) is 71.8 Å². The highest BCUT2D eigenvalue weighted by Crippen LogP contribution is 2.63. The molecule has 1 nitrogen and oxygen atoms in total. The molecular weight excluding hydrogens is 630 g/mol. The number of hydrogen-bond acceptors (Lipinski definition) is 2. The lowest BCUT2D eigenvalue weighted by atomic mass is 9.64. The third-order valence-electron chi connectivity index (χ3n) is 11.3. The maximum atomic E-state index is 6.90. The van der Waals surface area contributed by atoms with Crippen molar-refractivity contribution in [2.45, 2.75) is 24.7 Å². The number of rotatable bonds is 2. The van der Waals surface area contributed by atoms with Crippen LogP contribution in [0, 0.1) is 0 Å².